The molecule has 3 rings (SSSR count). The molecule has 3 aromatic carbocycles. The first kappa shape index (κ1) is 19.8. The lowest BCUT2D eigenvalue weighted by atomic mass is 10.1. The molecule has 5 heteroatoms. The highest BCUT2D eigenvalue weighted by Crippen LogP contribution is 2.25. The molecule has 0 aromatic heterocycles. The summed E-state index contributed by atoms with van der Waals surface area (Å²) in [6, 6.07) is 18.5. The Bertz CT molecular complexity index is 1000. The molecule has 0 spiro atoms. The Hall–Kier alpha value is -2.98. The van der Waals surface area contributed by atoms with Gasteiger partial charge in [0, 0.05) is 21.8 Å². The molecule has 4 nitrogen and oxygen atoms in total. The van der Waals surface area contributed by atoms with Crippen molar-refractivity contribution in [2.75, 3.05) is 12.4 Å². The Balaban J connectivity index is 1.79. The van der Waals surface area contributed by atoms with Gasteiger partial charge in [0.2, 0.25) is 0 Å². The molecule has 0 radical (unpaired) electrons. The van der Waals surface area contributed by atoms with Gasteiger partial charge in [0.05, 0.1) is 7.11 Å². The van der Waals surface area contributed by atoms with Crippen molar-refractivity contribution in [2.24, 2.45) is 0 Å². The lowest BCUT2D eigenvalue weighted by molar-refractivity contribution is 0.102. The number of carbonyl (C=O) groups excluding carboxylic acids is 1. The fraction of sp³-hybridized carbons (Fsp3) is 0.174. The fourth-order valence-electron chi connectivity index (χ4n) is 2.87. The van der Waals surface area contributed by atoms with Gasteiger partial charge < -0.3 is 14.8 Å². The lowest BCUT2D eigenvalue weighted by Gasteiger charge is -2.14. The normalized spacial score (nSPS) is 10.4. The molecular weight excluding hydrogens is 374 g/mol. The molecule has 0 fully saturated rings. The number of amides is 1. The van der Waals surface area contributed by atoms with Gasteiger partial charge in [0.1, 0.15) is 18.1 Å². The van der Waals surface area contributed by atoms with Crippen molar-refractivity contribution in [2.45, 2.75) is 20.5 Å². The minimum Gasteiger partial charge on any atom is -0.496 e. The van der Waals surface area contributed by atoms with Crippen LogP contribution in [0.25, 0.3) is 0 Å². The standard InChI is InChI=1S/C23H22ClNO3/c1-15-6-4-5-7-21(15)28-14-18-13-17(8-11-22(18)27-3)23(26)25-20-10-9-19(24)12-16(20)2/h4-13H,14H2,1-3H3,(H,25,26). The number of hydrogen-bond donors (Lipinski definition) is 1. The molecule has 0 atom stereocenters. The number of para-hydroxylation sites is 1. The molecular formula is C23H22ClNO3. The molecule has 28 heavy (non-hydrogen) atoms. The highest BCUT2D eigenvalue weighted by Gasteiger charge is 2.13. The topological polar surface area (TPSA) is 47.6 Å². The number of rotatable bonds is 6. The van der Waals surface area contributed by atoms with Crippen molar-refractivity contribution in [3.8, 4) is 11.5 Å². The number of ether oxygens (including phenoxy) is 2. The predicted octanol–water partition coefficient (Wildman–Crippen LogP) is 5.80. The van der Waals surface area contributed by atoms with Crippen LogP contribution in [0, 0.1) is 13.8 Å². The third-order valence-corrected chi connectivity index (χ3v) is 4.69. The van der Waals surface area contributed by atoms with Gasteiger partial charge in [-0.3, -0.25) is 4.79 Å². The maximum absolute atomic E-state index is 12.7. The van der Waals surface area contributed by atoms with Crippen molar-refractivity contribution in [3.05, 3.63) is 87.9 Å². The van der Waals surface area contributed by atoms with Gasteiger partial charge in [-0.15, -0.1) is 0 Å². The zero-order valence-corrected chi connectivity index (χ0v) is 16.8. The second-order valence-corrected chi connectivity index (χ2v) is 6.93. The lowest BCUT2D eigenvalue weighted by Crippen LogP contribution is -2.13. The smallest absolute Gasteiger partial charge is 0.255 e. The van der Waals surface area contributed by atoms with E-state index in [0.29, 0.717) is 22.9 Å². The van der Waals surface area contributed by atoms with E-state index in [2.05, 4.69) is 5.32 Å². The summed E-state index contributed by atoms with van der Waals surface area (Å²) in [6.45, 7) is 4.19. The fourth-order valence-corrected chi connectivity index (χ4v) is 3.09. The Kier molecular flexibility index (Phi) is 6.22. The van der Waals surface area contributed by atoms with Crippen LogP contribution in [0.1, 0.15) is 27.0 Å². The second kappa shape index (κ2) is 8.81. The number of hydrogen-bond acceptors (Lipinski definition) is 3. The molecule has 0 saturated heterocycles. The van der Waals surface area contributed by atoms with E-state index in [1.54, 1.807) is 37.4 Å². The average Bonchev–Trinajstić information content (AvgIpc) is 2.69. The Morgan fingerprint density at radius 3 is 2.46 bits per heavy atom. The first-order valence-electron chi connectivity index (χ1n) is 8.91. The summed E-state index contributed by atoms with van der Waals surface area (Å²) in [4.78, 5) is 12.7. The van der Waals surface area contributed by atoms with E-state index >= 15 is 0 Å². The quantitative estimate of drug-likeness (QED) is 0.574. The summed E-state index contributed by atoms with van der Waals surface area (Å²) in [5.41, 5.74) is 4.00. The summed E-state index contributed by atoms with van der Waals surface area (Å²) in [7, 11) is 1.60. The Morgan fingerprint density at radius 1 is 0.964 bits per heavy atom. The van der Waals surface area contributed by atoms with Crippen LogP contribution in [0.4, 0.5) is 5.69 Å². The van der Waals surface area contributed by atoms with Crippen LogP contribution in [-0.4, -0.2) is 13.0 Å². The molecule has 0 aliphatic carbocycles. The number of anilines is 1. The molecule has 0 bridgehead atoms. The molecule has 0 saturated carbocycles. The van der Waals surface area contributed by atoms with Crippen LogP contribution in [0.2, 0.25) is 5.02 Å². The van der Waals surface area contributed by atoms with Gasteiger partial charge in [0.25, 0.3) is 5.91 Å². The molecule has 0 heterocycles. The van der Waals surface area contributed by atoms with Crippen LogP contribution in [0.15, 0.2) is 60.7 Å². The zero-order chi connectivity index (χ0) is 20.1. The van der Waals surface area contributed by atoms with E-state index in [1.807, 2.05) is 44.2 Å². The summed E-state index contributed by atoms with van der Waals surface area (Å²) in [5, 5.41) is 3.56. The molecule has 1 N–H and O–H groups in total. The number of nitrogens with one attached hydrogen (secondary N) is 1. The summed E-state index contributed by atoms with van der Waals surface area (Å²) in [5.74, 6) is 1.27. The largest absolute Gasteiger partial charge is 0.496 e. The van der Waals surface area contributed by atoms with Gasteiger partial charge >= 0.3 is 0 Å². The van der Waals surface area contributed by atoms with Gasteiger partial charge in [0.15, 0.2) is 0 Å². The van der Waals surface area contributed by atoms with Gasteiger partial charge in [-0.25, -0.2) is 0 Å². The molecule has 0 unspecified atom stereocenters. The molecule has 0 aliphatic heterocycles. The van der Waals surface area contributed by atoms with Crippen molar-refractivity contribution in [3.63, 3.8) is 0 Å². The summed E-state index contributed by atoms with van der Waals surface area (Å²) >= 11 is 5.98. The summed E-state index contributed by atoms with van der Waals surface area (Å²) < 4.78 is 11.3. The van der Waals surface area contributed by atoms with Crippen LogP contribution >= 0.6 is 11.6 Å². The van der Waals surface area contributed by atoms with Crippen molar-refractivity contribution < 1.29 is 14.3 Å². The third kappa shape index (κ3) is 4.65. The molecule has 144 valence electrons. The highest BCUT2D eigenvalue weighted by molar-refractivity contribution is 6.30. The van der Waals surface area contributed by atoms with Crippen LogP contribution < -0.4 is 14.8 Å². The Morgan fingerprint density at radius 2 is 1.75 bits per heavy atom. The number of aryl methyl sites for hydroxylation is 2. The van der Waals surface area contributed by atoms with Crippen molar-refractivity contribution in [1.29, 1.82) is 0 Å². The number of carbonyl (C=O) groups is 1. The van der Waals surface area contributed by atoms with E-state index in [4.69, 9.17) is 21.1 Å². The van der Waals surface area contributed by atoms with Crippen molar-refractivity contribution >= 4 is 23.2 Å². The Labute approximate surface area is 170 Å². The maximum atomic E-state index is 12.7. The van der Waals surface area contributed by atoms with E-state index < -0.39 is 0 Å². The number of methoxy groups -OCH3 is 1. The van der Waals surface area contributed by atoms with Gasteiger partial charge in [-0.1, -0.05) is 29.8 Å². The van der Waals surface area contributed by atoms with E-state index in [0.717, 1.165) is 28.1 Å². The minimum atomic E-state index is -0.204. The SMILES string of the molecule is COc1ccc(C(=O)Nc2ccc(Cl)cc2C)cc1COc1ccccc1C. The first-order chi connectivity index (χ1) is 13.5. The van der Waals surface area contributed by atoms with E-state index in [9.17, 15) is 4.79 Å². The monoisotopic (exact) mass is 395 g/mol. The van der Waals surface area contributed by atoms with Crippen LogP contribution in [0.3, 0.4) is 0 Å². The second-order valence-electron chi connectivity index (χ2n) is 6.49. The molecule has 0 aliphatic rings. The maximum Gasteiger partial charge on any atom is 0.255 e. The van der Waals surface area contributed by atoms with E-state index in [1.165, 1.54) is 0 Å². The average molecular weight is 396 g/mol. The van der Waals surface area contributed by atoms with Crippen LogP contribution in [0.5, 0.6) is 11.5 Å². The number of halogens is 1. The molecule has 3 aromatic rings. The van der Waals surface area contributed by atoms with Gasteiger partial charge in [-0.05, 0) is 67.4 Å². The minimum absolute atomic E-state index is 0.204. The van der Waals surface area contributed by atoms with E-state index in [-0.39, 0.29) is 5.91 Å². The third-order valence-electron chi connectivity index (χ3n) is 4.46. The van der Waals surface area contributed by atoms with Crippen molar-refractivity contribution in [1.82, 2.24) is 0 Å². The highest BCUT2D eigenvalue weighted by atomic mass is 35.5. The first-order valence-corrected chi connectivity index (χ1v) is 9.28. The summed E-state index contributed by atoms with van der Waals surface area (Å²) in [6.07, 6.45) is 0. The van der Waals surface area contributed by atoms with Crippen LogP contribution in [-0.2, 0) is 6.61 Å². The number of benzene rings is 3. The van der Waals surface area contributed by atoms with Gasteiger partial charge in [-0.2, -0.15) is 0 Å². The molecule has 1 amide bonds. The predicted molar refractivity (Wildman–Crippen MR) is 113 cm³/mol. The zero-order valence-electron chi connectivity index (χ0n) is 16.1.